The Kier molecular flexibility index (Phi) is 3.79. The van der Waals surface area contributed by atoms with E-state index in [-0.39, 0.29) is 0 Å². The van der Waals surface area contributed by atoms with Crippen molar-refractivity contribution in [3.63, 3.8) is 0 Å². The smallest absolute Gasteiger partial charge is 0.245 e. The molecule has 0 bridgehead atoms. The first-order valence-corrected chi connectivity index (χ1v) is 8.74. The Labute approximate surface area is 136 Å². The minimum absolute atomic E-state index is 0.500. The highest BCUT2D eigenvalue weighted by Gasteiger charge is 2.37. The van der Waals surface area contributed by atoms with Crippen LogP contribution in [0.5, 0.6) is 0 Å². The Hall–Kier alpha value is -1.92. The Morgan fingerprint density at radius 3 is 2.74 bits per heavy atom. The molecule has 7 heteroatoms. The van der Waals surface area contributed by atoms with Crippen molar-refractivity contribution in [2.45, 2.75) is 51.5 Å². The van der Waals surface area contributed by atoms with E-state index >= 15 is 0 Å². The summed E-state index contributed by atoms with van der Waals surface area (Å²) < 4.78 is 3.79. The van der Waals surface area contributed by atoms with E-state index in [0.717, 1.165) is 24.7 Å². The van der Waals surface area contributed by atoms with Crippen molar-refractivity contribution in [3.05, 3.63) is 18.0 Å². The van der Waals surface area contributed by atoms with E-state index in [1.807, 2.05) is 28.7 Å². The van der Waals surface area contributed by atoms with Crippen molar-refractivity contribution in [2.24, 2.45) is 12.5 Å². The molecule has 0 radical (unpaired) electrons. The number of hydrogen-bond donors (Lipinski definition) is 0. The number of nitrogens with zero attached hydrogens (tertiary/aromatic N) is 7. The van der Waals surface area contributed by atoms with Gasteiger partial charge in [0.05, 0.1) is 12.2 Å². The molecule has 0 unspecified atom stereocenters. The summed E-state index contributed by atoms with van der Waals surface area (Å²) >= 11 is 0. The molecule has 0 atom stereocenters. The third-order valence-electron chi connectivity index (χ3n) is 5.61. The van der Waals surface area contributed by atoms with Gasteiger partial charge in [-0.3, -0.25) is 4.68 Å². The molecular formula is C16H25N7. The average Bonchev–Trinajstić information content (AvgIpc) is 3.18. The van der Waals surface area contributed by atoms with Gasteiger partial charge in [0.1, 0.15) is 0 Å². The zero-order valence-electron chi connectivity index (χ0n) is 13.9. The first kappa shape index (κ1) is 14.7. The second-order valence-electron chi connectivity index (χ2n) is 7.17. The highest BCUT2D eigenvalue weighted by Crippen LogP contribution is 2.43. The van der Waals surface area contributed by atoms with Crippen LogP contribution in [0.25, 0.3) is 0 Å². The molecule has 1 saturated carbocycles. The van der Waals surface area contributed by atoms with Crippen LogP contribution in [0, 0.1) is 5.41 Å². The van der Waals surface area contributed by atoms with Crippen molar-refractivity contribution < 1.29 is 0 Å². The van der Waals surface area contributed by atoms with Gasteiger partial charge >= 0.3 is 0 Å². The molecule has 0 N–H and O–H groups in total. The van der Waals surface area contributed by atoms with Gasteiger partial charge in [0, 0.05) is 26.3 Å². The molecule has 124 valence electrons. The maximum atomic E-state index is 4.33. The zero-order valence-corrected chi connectivity index (χ0v) is 13.9. The fraction of sp³-hybridized carbons (Fsp3) is 0.750. The normalized spacial score (nSPS) is 21.0. The van der Waals surface area contributed by atoms with Crippen LogP contribution in [0.15, 0.2) is 12.3 Å². The Morgan fingerprint density at radius 1 is 1.13 bits per heavy atom. The number of aromatic nitrogens is 6. The molecule has 23 heavy (non-hydrogen) atoms. The summed E-state index contributed by atoms with van der Waals surface area (Å²) in [7, 11) is 1.96. The number of piperidine rings is 1. The fourth-order valence-corrected chi connectivity index (χ4v) is 4.33. The molecule has 1 aliphatic carbocycles. The molecule has 1 spiro atoms. The molecule has 2 aromatic heterocycles. The van der Waals surface area contributed by atoms with Crippen molar-refractivity contribution in [1.82, 2.24) is 30.0 Å². The second kappa shape index (κ2) is 5.94. The molecule has 4 rings (SSSR count). The summed E-state index contributed by atoms with van der Waals surface area (Å²) in [6.45, 7) is 2.84. The number of hydrogen-bond acceptors (Lipinski definition) is 5. The summed E-state index contributed by atoms with van der Waals surface area (Å²) in [6.07, 6.45) is 11.3. The van der Waals surface area contributed by atoms with E-state index in [1.165, 1.54) is 44.9 Å². The van der Waals surface area contributed by atoms with E-state index in [9.17, 15) is 0 Å². The third-order valence-corrected chi connectivity index (χ3v) is 5.61. The van der Waals surface area contributed by atoms with E-state index in [2.05, 4.69) is 25.5 Å². The zero-order chi connectivity index (χ0) is 15.7. The molecule has 1 aliphatic heterocycles. The molecule has 3 heterocycles. The Bertz CT molecular complexity index is 647. The van der Waals surface area contributed by atoms with Crippen LogP contribution in [0.4, 0.5) is 5.95 Å². The largest absolute Gasteiger partial charge is 0.339 e. The van der Waals surface area contributed by atoms with Crippen molar-refractivity contribution in [1.29, 1.82) is 0 Å². The number of rotatable bonds is 3. The van der Waals surface area contributed by atoms with Gasteiger partial charge in [-0.2, -0.15) is 5.10 Å². The monoisotopic (exact) mass is 315 g/mol. The summed E-state index contributed by atoms with van der Waals surface area (Å²) in [4.78, 5) is 2.41. The fourth-order valence-electron chi connectivity index (χ4n) is 4.33. The van der Waals surface area contributed by atoms with Gasteiger partial charge in [-0.25, -0.2) is 4.68 Å². The molecule has 2 aliphatic rings. The predicted molar refractivity (Wildman–Crippen MR) is 87.1 cm³/mol. The van der Waals surface area contributed by atoms with Crippen LogP contribution in [0.2, 0.25) is 0 Å². The van der Waals surface area contributed by atoms with Crippen molar-refractivity contribution >= 4 is 5.95 Å². The van der Waals surface area contributed by atoms with Gasteiger partial charge in [0.25, 0.3) is 0 Å². The first-order chi connectivity index (χ1) is 11.3. The second-order valence-corrected chi connectivity index (χ2v) is 7.17. The lowest BCUT2D eigenvalue weighted by atomic mass is 9.69. The van der Waals surface area contributed by atoms with Gasteiger partial charge in [0.2, 0.25) is 5.95 Å². The average molecular weight is 315 g/mol. The van der Waals surface area contributed by atoms with Crippen molar-refractivity contribution in [3.8, 4) is 0 Å². The maximum absolute atomic E-state index is 4.33. The van der Waals surface area contributed by atoms with Crippen LogP contribution >= 0.6 is 0 Å². The van der Waals surface area contributed by atoms with Crippen molar-refractivity contribution in [2.75, 3.05) is 18.0 Å². The Balaban J connectivity index is 1.54. The van der Waals surface area contributed by atoms with E-state index in [4.69, 9.17) is 0 Å². The molecule has 2 aromatic rings. The number of tetrazole rings is 1. The summed E-state index contributed by atoms with van der Waals surface area (Å²) in [5.74, 6) is 0.913. The van der Waals surface area contributed by atoms with Crippen LogP contribution in [-0.2, 0) is 13.6 Å². The van der Waals surface area contributed by atoms with Crippen LogP contribution < -0.4 is 4.90 Å². The SMILES string of the molecule is Cn1nccc1Cn1nnnc1N1CCCC2(CCCCC2)C1. The minimum atomic E-state index is 0.500. The van der Waals surface area contributed by atoms with Gasteiger partial charge < -0.3 is 4.90 Å². The summed E-state index contributed by atoms with van der Waals surface area (Å²) in [6, 6.07) is 2.02. The number of aryl methyl sites for hydroxylation is 1. The van der Waals surface area contributed by atoms with E-state index in [0.29, 0.717) is 12.0 Å². The minimum Gasteiger partial charge on any atom is -0.339 e. The van der Waals surface area contributed by atoms with E-state index in [1.54, 1.807) is 0 Å². The van der Waals surface area contributed by atoms with Gasteiger partial charge in [0.15, 0.2) is 0 Å². The lowest BCUT2D eigenvalue weighted by Gasteiger charge is -2.45. The van der Waals surface area contributed by atoms with Gasteiger partial charge in [-0.15, -0.1) is 0 Å². The topological polar surface area (TPSA) is 64.7 Å². The van der Waals surface area contributed by atoms with E-state index < -0.39 is 0 Å². The maximum Gasteiger partial charge on any atom is 0.245 e. The first-order valence-electron chi connectivity index (χ1n) is 8.74. The summed E-state index contributed by atoms with van der Waals surface area (Å²) in [5.41, 5.74) is 1.61. The molecule has 7 nitrogen and oxygen atoms in total. The lowest BCUT2D eigenvalue weighted by Crippen LogP contribution is -2.45. The molecular weight excluding hydrogens is 290 g/mol. The van der Waals surface area contributed by atoms with Crippen LogP contribution in [0.3, 0.4) is 0 Å². The highest BCUT2D eigenvalue weighted by molar-refractivity contribution is 5.30. The summed E-state index contributed by atoms with van der Waals surface area (Å²) in [5, 5.41) is 16.7. The van der Waals surface area contributed by atoms with Gasteiger partial charge in [-0.05, 0) is 47.6 Å². The highest BCUT2D eigenvalue weighted by atomic mass is 15.6. The lowest BCUT2D eigenvalue weighted by molar-refractivity contribution is 0.154. The standard InChI is InChI=1S/C16H25N7/c1-21-14(6-10-17-21)12-23-15(18-19-20-23)22-11-5-9-16(13-22)7-3-2-4-8-16/h6,10H,2-5,7-9,11-13H2,1H3. The predicted octanol–water partition coefficient (Wildman–Crippen LogP) is 2.01. The molecule has 0 amide bonds. The molecule has 2 fully saturated rings. The quantitative estimate of drug-likeness (QED) is 0.867. The number of anilines is 1. The third kappa shape index (κ3) is 2.84. The van der Waals surface area contributed by atoms with Crippen LogP contribution in [0.1, 0.15) is 50.6 Å². The van der Waals surface area contributed by atoms with Crippen LogP contribution in [-0.4, -0.2) is 43.1 Å². The van der Waals surface area contributed by atoms with Gasteiger partial charge in [-0.1, -0.05) is 24.4 Å². The Morgan fingerprint density at radius 2 is 1.96 bits per heavy atom. The molecule has 1 saturated heterocycles. The molecule has 0 aromatic carbocycles.